The summed E-state index contributed by atoms with van der Waals surface area (Å²) in [5.74, 6) is -0.680. The molecule has 1 unspecified atom stereocenters. The van der Waals surface area contributed by atoms with Crippen molar-refractivity contribution in [3.63, 3.8) is 0 Å². The molecule has 7 heteroatoms. The Labute approximate surface area is 188 Å². The summed E-state index contributed by atoms with van der Waals surface area (Å²) in [6.07, 6.45) is 3.13. The summed E-state index contributed by atoms with van der Waals surface area (Å²) in [5.41, 5.74) is 4.08. The Kier molecular flexibility index (Phi) is 6.44. The van der Waals surface area contributed by atoms with Crippen molar-refractivity contribution in [1.82, 2.24) is 4.90 Å². The molecule has 7 nitrogen and oxygen atoms in total. The number of benzene rings is 2. The molecular weight excluding hydrogens is 406 g/mol. The minimum Gasteiger partial charge on any atom is -0.465 e. The van der Waals surface area contributed by atoms with Crippen molar-refractivity contribution in [2.75, 3.05) is 37.0 Å². The first-order valence-electron chi connectivity index (χ1n) is 11.1. The van der Waals surface area contributed by atoms with Gasteiger partial charge in [-0.25, -0.2) is 4.79 Å². The third kappa shape index (κ3) is 4.47. The summed E-state index contributed by atoms with van der Waals surface area (Å²) in [6.45, 7) is 3.97. The predicted octanol–water partition coefficient (Wildman–Crippen LogP) is 3.55. The van der Waals surface area contributed by atoms with Gasteiger partial charge in [-0.2, -0.15) is 0 Å². The molecule has 0 bridgehead atoms. The van der Waals surface area contributed by atoms with E-state index in [-0.39, 0.29) is 24.3 Å². The third-order valence-corrected chi connectivity index (χ3v) is 6.33. The van der Waals surface area contributed by atoms with Crippen molar-refractivity contribution in [1.29, 1.82) is 0 Å². The molecule has 1 saturated heterocycles. The SMILES string of the molecule is COC(=O)c1ccc(N2CCCC2)c(NC(=O)CC2c3ccccc3CCN2C(C)=O)c1. The van der Waals surface area contributed by atoms with Gasteiger partial charge in [0.1, 0.15) is 0 Å². The van der Waals surface area contributed by atoms with Crippen LogP contribution in [0, 0.1) is 0 Å². The number of esters is 1. The van der Waals surface area contributed by atoms with Crippen LogP contribution in [0.1, 0.15) is 53.7 Å². The van der Waals surface area contributed by atoms with Crippen molar-refractivity contribution in [3.05, 3.63) is 59.2 Å². The lowest BCUT2D eigenvalue weighted by atomic mass is 9.90. The van der Waals surface area contributed by atoms with Crippen LogP contribution in [-0.2, 0) is 20.7 Å². The monoisotopic (exact) mass is 435 g/mol. The van der Waals surface area contributed by atoms with Gasteiger partial charge < -0.3 is 19.9 Å². The van der Waals surface area contributed by atoms with Crippen LogP contribution in [0.25, 0.3) is 0 Å². The van der Waals surface area contributed by atoms with Crippen LogP contribution in [0.3, 0.4) is 0 Å². The summed E-state index contributed by atoms with van der Waals surface area (Å²) in [7, 11) is 1.34. The van der Waals surface area contributed by atoms with Gasteiger partial charge in [-0.1, -0.05) is 24.3 Å². The van der Waals surface area contributed by atoms with Crippen molar-refractivity contribution < 1.29 is 19.1 Å². The fourth-order valence-electron chi connectivity index (χ4n) is 4.74. The van der Waals surface area contributed by atoms with E-state index in [2.05, 4.69) is 16.3 Å². The van der Waals surface area contributed by atoms with Gasteiger partial charge in [0.15, 0.2) is 0 Å². The first-order chi connectivity index (χ1) is 15.5. The lowest BCUT2D eigenvalue weighted by Crippen LogP contribution is -2.40. The van der Waals surface area contributed by atoms with Crippen LogP contribution in [0.4, 0.5) is 11.4 Å². The second-order valence-electron chi connectivity index (χ2n) is 8.35. The number of methoxy groups -OCH3 is 1. The second-order valence-corrected chi connectivity index (χ2v) is 8.35. The zero-order valence-electron chi connectivity index (χ0n) is 18.6. The summed E-state index contributed by atoms with van der Waals surface area (Å²) in [4.78, 5) is 41.5. The fourth-order valence-corrected chi connectivity index (χ4v) is 4.74. The van der Waals surface area contributed by atoms with Crippen LogP contribution in [0.2, 0.25) is 0 Å². The van der Waals surface area contributed by atoms with Crippen molar-refractivity contribution in [2.45, 2.75) is 38.6 Å². The summed E-state index contributed by atoms with van der Waals surface area (Å²) in [5, 5.41) is 3.02. The molecular formula is C25H29N3O4. The second kappa shape index (κ2) is 9.42. The number of anilines is 2. The first kappa shape index (κ1) is 21.9. The van der Waals surface area contributed by atoms with Gasteiger partial charge in [-0.3, -0.25) is 9.59 Å². The van der Waals surface area contributed by atoms with Crippen LogP contribution < -0.4 is 10.2 Å². The lowest BCUT2D eigenvalue weighted by Gasteiger charge is -2.36. The molecule has 32 heavy (non-hydrogen) atoms. The average molecular weight is 436 g/mol. The number of rotatable bonds is 5. The Balaban J connectivity index is 1.60. The highest BCUT2D eigenvalue weighted by Crippen LogP contribution is 2.34. The van der Waals surface area contributed by atoms with Gasteiger partial charge in [-0.05, 0) is 48.6 Å². The number of amides is 2. The van der Waals surface area contributed by atoms with Gasteiger partial charge >= 0.3 is 5.97 Å². The summed E-state index contributed by atoms with van der Waals surface area (Å²) >= 11 is 0. The van der Waals surface area contributed by atoms with E-state index in [0.29, 0.717) is 17.8 Å². The molecule has 2 aromatic rings. The standard InChI is InChI=1S/C25H29N3O4/c1-17(29)28-14-11-18-7-3-4-8-20(18)23(28)16-24(30)26-21-15-19(25(31)32-2)9-10-22(21)27-12-5-6-13-27/h3-4,7-10,15,23H,5-6,11-14,16H2,1-2H3,(H,26,30). The molecule has 2 aliphatic rings. The number of fused-ring (bicyclic) bond motifs is 1. The van der Waals surface area contributed by atoms with Gasteiger partial charge in [0.05, 0.1) is 36.5 Å². The Bertz CT molecular complexity index is 1030. The van der Waals surface area contributed by atoms with E-state index < -0.39 is 5.97 Å². The fraction of sp³-hybridized carbons (Fsp3) is 0.400. The van der Waals surface area contributed by atoms with E-state index in [0.717, 1.165) is 43.6 Å². The molecule has 1 fully saturated rings. The van der Waals surface area contributed by atoms with Gasteiger partial charge in [0, 0.05) is 26.6 Å². The topological polar surface area (TPSA) is 79.0 Å². The molecule has 2 aromatic carbocycles. The number of carbonyl (C=O) groups excluding carboxylic acids is 3. The molecule has 1 N–H and O–H groups in total. The van der Waals surface area contributed by atoms with Crippen LogP contribution in [-0.4, -0.2) is 49.4 Å². The minimum atomic E-state index is -0.447. The van der Waals surface area contributed by atoms with Gasteiger partial charge in [-0.15, -0.1) is 0 Å². The first-order valence-corrected chi connectivity index (χ1v) is 11.1. The van der Waals surface area contributed by atoms with Crippen molar-refractivity contribution >= 4 is 29.2 Å². The number of carbonyl (C=O) groups is 3. The molecule has 168 valence electrons. The molecule has 2 aliphatic heterocycles. The number of hydrogen-bond acceptors (Lipinski definition) is 5. The third-order valence-electron chi connectivity index (χ3n) is 6.33. The highest BCUT2D eigenvalue weighted by molar-refractivity contribution is 5.98. The normalized spacial score (nSPS) is 17.6. The lowest BCUT2D eigenvalue weighted by molar-refractivity contribution is -0.132. The van der Waals surface area contributed by atoms with Gasteiger partial charge in [0.2, 0.25) is 11.8 Å². The minimum absolute atomic E-state index is 0.0391. The molecule has 2 heterocycles. The van der Waals surface area contributed by atoms with E-state index in [1.165, 1.54) is 12.7 Å². The molecule has 0 radical (unpaired) electrons. The van der Waals surface area contributed by atoms with Crippen LogP contribution >= 0.6 is 0 Å². The summed E-state index contributed by atoms with van der Waals surface area (Å²) in [6, 6.07) is 12.9. The molecule has 1 atom stereocenters. The quantitative estimate of drug-likeness (QED) is 0.727. The van der Waals surface area contributed by atoms with Gasteiger partial charge in [0.25, 0.3) is 0 Å². The number of nitrogens with one attached hydrogen (secondary N) is 1. The zero-order valence-corrected chi connectivity index (χ0v) is 18.6. The summed E-state index contributed by atoms with van der Waals surface area (Å²) < 4.78 is 4.85. The maximum absolute atomic E-state index is 13.2. The Morgan fingerprint density at radius 1 is 1.06 bits per heavy atom. The Hall–Kier alpha value is -3.35. The van der Waals surface area contributed by atoms with Crippen LogP contribution in [0.5, 0.6) is 0 Å². The maximum Gasteiger partial charge on any atom is 0.337 e. The molecule has 0 saturated carbocycles. The Morgan fingerprint density at radius 2 is 1.81 bits per heavy atom. The number of nitrogens with zero attached hydrogens (tertiary/aromatic N) is 2. The van der Waals surface area contributed by atoms with E-state index in [4.69, 9.17) is 4.74 Å². The maximum atomic E-state index is 13.2. The molecule has 0 spiro atoms. The van der Waals surface area contributed by atoms with E-state index in [1.54, 1.807) is 24.0 Å². The molecule has 2 amide bonds. The Morgan fingerprint density at radius 3 is 2.53 bits per heavy atom. The number of ether oxygens (including phenoxy) is 1. The van der Waals surface area contributed by atoms with E-state index in [9.17, 15) is 14.4 Å². The highest BCUT2D eigenvalue weighted by atomic mass is 16.5. The zero-order chi connectivity index (χ0) is 22.7. The molecule has 4 rings (SSSR count). The largest absolute Gasteiger partial charge is 0.465 e. The predicted molar refractivity (Wildman–Crippen MR) is 123 cm³/mol. The molecule has 0 aliphatic carbocycles. The smallest absolute Gasteiger partial charge is 0.337 e. The van der Waals surface area contributed by atoms with Crippen LogP contribution in [0.15, 0.2) is 42.5 Å². The molecule has 0 aromatic heterocycles. The van der Waals surface area contributed by atoms with Crippen molar-refractivity contribution in [2.24, 2.45) is 0 Å². The number of hydrogen-bond donors (Lipinski definition) is 1. The average Bonchev–Trinajstić information content (AvgIpc) is 3.33. The van der Waals surface area contributed by atoms with E-state index in [1.807, 2.05) is 24.3 Å². The van der Waals surface area contributed by atoms with E-state index >= 15 is 0 Å². The van der Waals surface area contributed by atoms with Crippen molar-refractivity contribution in [3.8, 4) is 0 Å². The highest BCUT2D eigenvalue weighted by Gasteiger charge is 2.31.